The lowest BCUT2D eigenvalue weighted by Crippen LogP contribution is -2.05. The molecular formula is C24H22N2O3. The summed E-state index contributed by atoms with van der Waals surface area (Å²) in [5, 5.41) is 6.54. The number of para-hydroxylation sites is 1. The van der Waals surface area contributed by atoms with Gasteiger partial charge in [0, 0.05) is 12.6 Å². The van der Waals surface area contributed by atoms with Crippen LogP contribution in [0.25, 0.3) is 16.5 Å². The summed E-state index contributed by atoms with van der Waals surface area (Å²) in [5.74, 6) is 0.611. The maximum absolute atomic E-state index is 12.1. The van der Waals surface area contributed by atoms with E-state index in [4.69, 9.17) is 9.47 Å². The number of benzene rings is 3. The number of aromatic nitrogens is 2. The van der Waals surface area contributed by atoms with E-state index in [-0.39, 0.29) is 12.6 Å². The fourth-order valence-electron chi connectivity index (χ4n) is 3.18. The molecule has 4 aromatic rings. The van der Waals surface area contributed by atoms with E-state index in [1.54, 1.807) is 13.3 Å². The first-order chi connectivity index (χ1) is 14.2. The van der Waals surface area contributed by atoms with Crippen LogP contribution >= 0.6 is 0 Å². The lowest BCUT2D eigenvalue weighted by molar-refractivity contribution is -0.144. The third-order valence-corrected chi connectivity index (χ3v) is 4.79. The van der Waals surface area contributed by atoms with Crippen LogP contribution in [0, 0.1) is 0 Å². The first kappa shape index (κ1) is 18.7. The van der Waals surface area contributed by atoms with Crippen LogP contribution in [-0.2, 0) is 22.6 Å². The Kier molecular flexibility index (Phi) is 5.56. The van der Waals surface area contributed by atoms with Crippen LogP contribution in [0.4, 0.5) is 0 Å². The van der Waals surface area contributed by atoms with Crippen LogP contribution in [0.1, 0.15) is 17.5 Å². The molecule has 0 amide bonds. The monoisotopic (exact) mass is 386 g/mol. The highest BCUT2D eigenvalue weighted by molar-refractivity contribution is 5.84. The highest BCUT2D eigenvalue weighted by Gasteiger charge is 2.07. The van der Waals surface area contributed by atoms with Crippen molar-refractivity contribution in [3.63, 3.8) is 0 Å². The van der Waals surface area contributed by atoms with Crippen LogP contribution in [0.3, 0.4) is 0 Å². The Morgan fingerprint density at radius 3 is 2.59 bits per heavy atom. The molecule has 5 nitrogen and oxygen atoms in total. The molecule has 4 rings (SSSR count). The Balaban J connectivity index is 1.30. The lowest BCUT2D eigenvalue weighted by atomic mass is 10.1. The zero-order valence-electron chi connectivity index (χ0n) is 16.2. The zero-order chi connectivity index (χ0) is 20.1. The van der Waals surface area contributed by atoms with Gasteiger partial charge in [-0.05, 0) is 58.7 Å². The number of methoxy groups -OCH3 is 1. The second-order valence-corrected chi connectivity index (χ2v) is 6.84. The van der Waals surface area contributed by atoms with E-state index in [9.17, 15) is 4.79 Å². The number of carbonyl (C=O) groups excluding carboxylic acids is 1. The molecule has 0 atom stereocenters. The summed E-state index contributed by atoms with van der Waals surface area (Å²) in [6.45, 7) is 0.268. The van der Waals surface area contributed by atoms with E-state index < -0.39 is 0 Å². The average molecular weight is 386 g/mol. The second-order valence-electron chi connectivity index (χ2n) is 6.84. The maximum Gasteiger partial charge on any atom is 0.306 e. The van der Waals surface area contributed by atoms with Crippen LogP contribution in [0.15, 0.2) is 79.1 Å². The molecule has 0 fully saturated rings. The SMILES string of the molecule is COc1ccc2cc(COC(=O)CCc3cnn(-c4ccccc4)c3)ccc2c1. The minimum atomic E-state index is -0.215. The number of esters is 1. The first-order valence-corrected chi connectivity index (χ1v) is 9.52. The predicted octanol–water partition coefficient (Wildman–Crippen LogP) is 4.71. The Bertz CT molecular complexity index is 1120. The van der Waals surface area contributed by atoms with Crippen LogP contribution in [-0.4, -0.2) is 22.9 Å². The summed E-state index contributed by atoms with van der Waals surface area (Å²) >= 11 is 0. The molecule has 146 valence electrons. The van der Waals surface area contributed by atoms with Gasteiger partial charge in [-0.15, -0.1) is 0 Å². The van der Waals surface area contributed by atoms with Crippen molar-refractivity contribution in [3.8, 4) is 11.4 Å². The molecule has 0 spiro atoms. The Labute approximate surface area is 169 Å². The highest BCUT2D eigenvalue weighted by atomic mass is 16.5. The van der Waals surface area contributed by atoms with Gasteiger partial charge in [-0.25, -0.2) is 4.68 Å². The summed E-state index contributed by atoms with van der Waals surface area (Å²) in [4.78, 5) is 12.1. The number of hydrogen-bond donors (Lipinski definition) is 0. The fraction of sp³-hybridized carbons (Fsp3) is 0.167. The van der Waals surface area contributed by atoms with Gasteiger partial charge in [0.1, 0.15) is 12.4 Å². The summed E-state index contributed by atoms with van der Waals surface area (Å²) in [6, 6.07) is 21.8. The van der Waals surface area contributed by atoms with E-state index in [0.717, 1.165) is 33.3 Å². The van der Waals surface area contributed by atoms with Crippen molar-refractivity contribution in [2.24, 2.45) is 0 Å². The van der Waals surface area contributed by atoms with Crippen molar-refractivity contribution in [1.82, 2.24) is 9.78 Å². The van der Waals surface area contributed by atoms with Gasteiger partial charge in [0.15, 0.2) is 0 Å². The number of carbonyl (C=O) groups is 1. The molecule has 0 saturated heterocycles. The number of fused-ring (bicyclic) bond motifs is 1. The molecule has 1 heterocycles. The van der Waals surface area contributed by atoms with Gasteiger partial charge in [-0.3, -0.25) is 4.79 Å². The van der Waals surface area contributed by atoms with Crippen molar-refractivity contribution >= 4 is 16.7 Å². The largest absolute Gasteiger partial charge is 0.497 e. The van der Waals surface area contributed by atoms with Gasteiger partial charge in [0.25, 0.3) is 0 Å². The minimum Gasteiger partial charge on any atom is -0.497 e. The highest BCUT2D eigenvalue weighted by Crippen LogP contribution is 2.22. The molecule has 0 aliphatic carbocycles. The van der Waals surface area contributed by atoms with Gasteiger partial charge >= 0.3 is 5.97 Å². The zero-order valence-corrected chi connectivity index (χ0v) is 16.2. The van der Waals surface area contributed by atoms with Gasteiger partial charge in [0.2, 0.25) is 0 Å². The molecular weight excluding hydrogens is 364 g/mol. The third-order valence-electron chi connectivity index (χ3n) is 4.79. The minimum absolute atomic E-state index is 0.215. The Morgan fingerprint density at radius 2 is 1.76 bits per heavy atom. The predicted molar refractivity (Wildman–Crippen MR) is 112 cm³/mol. The molecule has 3 aromatic carbocycles. The van der Waals surface area contributed by atoms with Crippen molar-refractivity contribution in [2.45, 2.75) is 19.4 Å². The van der Waals surface area contributed by atoms with E-state index >= 15 is 0 Å². The van der Waals surface area contributed by atoms with Crippen molar-refractivity contribution in [1.29, 1.82) is 0 Å². The molecule has 0 aliphatic heterocycles. The number of aryl methyl sites for hydroxylation is 1. The van der Waals surface area contributed by atoms with E-state index in [1.165, 1.54) is 0 Å². The number of hydrogen-bond acceptors (Lipinski definition) is 4. The van der Waals surface area contributed by atoms with Crippen LogP contribution < -0.4 is 4.74 Å². The fourth-order valence-corrected chi connectivity index (χ4v) is 3.18. The first-order valence-electron chi connectivity index (χ1n) is 9.52. The lowest BCUT2D eigenvalue weighted by Gasteiger charge is -2.07. The summed E-state index contributed by atoms with van der Waals surface area (Å²) in [6.07, 6.45) is 4.66. The van der Waals surface area contributed by atoms with Crippen molar-refractivity contribution in [2.75, 3.05) is 7.11 Å². The Morgan fingerprint density at radius 1 is 0.966 bits per heavy atom. The molecule has 0 N–H and O–H groups in total. The average Bonchev–Trinajstić information content (AvgIpc) is 3.25. The molecule has 1 aromatic heterocycles. The van der Waals surface area contributed by atoms with Crippen LogP contribution in [0.2, 0.25) is 0 Å². The van der Waals surface area contributed by atoms with E-state index in [2.05, 4.69) is 5.10 Å². The quantitative estimate of drug-likeness (QED) is 0.432. The number of ether oxygens (including phenoxy) is 2. The third kappa shape index (κ3) is 4.63. The number of rotatable bonds is 7. The Hall–Kier alpha value is -3.60. The van der Waals surface area contributed by atoms with Gasteiger partial charge in [-0.2, -0.15) is 5.10 Å². The molecule has 0 saturated carbocycles. The maximum atomic E-state index is 12.1. The molecule has 0 bridgehead atoms. The van der Waals surface area contributed by atoms with Crippen LogP contribution in [0.5, 0.6) is 5.75 Å². The smallest absolute Gasteiger partial charge is 0.306 e. The standard InChI is InChI=1S/C24H22N2O3/c1-28-23-11-10-20-13-18(7-9-21(20)14-23)17-29-24(27)12-8-19-15-25-26(16-19)22-5-3-2-4-6-22/h2-7,9-11,13-16H,8,12,17H2,1H3. The molecule has 0 radical (unpaired) electrons. The van der Waals surface area contributed by atoms with Gasteiger partial charge < -0.3 is 9.47 Å². The van der Waals surface area contributed by atoms with Gasteiger partial charge in [0.05, 0.1) is 19.0 Å². The molecule has 5 heteroatoms. The number of nitrogens with zero attached hydrogens (tertiary/aromatic N) is 2. The molecule has 0 unspecified atom stereocenters. The van der Waals surface area contributed by atoms with Crippen molar-refractivity contribution < 1.29 is 14.3 Å². The van der Waals surface area contributed by atoms with Crippen molar-refractivity contribution in [3.05, 3.63) is 90.3 Å². The topological polar surface area (TPSA) is 53.4 Å². The summed E-state index contributed by atoms with van der Waals surface area (Å²) in [7, 11) is 1.65. The normalized spacial score (nSPS) is 10.8. The van der Waals surface area contributed by atoms with E-state index in [1.807, 2.05) is 77.6 Å². The molecule has 29 heavy (non-hydrogen) atoms. The second kappa shape index (κ2) is 8.61. The van der Waals surface area contributed by atoms with E-state index in [0.29, 0.717) is 12.8 Å². The summed E-state index contributed by atoms with van der Waals surface area (Å²) in [5.41, 5.74) is 2.97. The van der Waals surface area contributed by atoms with Gasteiger partial charge in [-0.1, -0.05) is 36.4 Å². The summed E-state index contributed by atoms with van der Waals surface area (Å²) < 4.78 is 12.5. The molecule has 0 aliphatic rings.